The molecule has 0 N–H and O–H groups in total. The second-order valence-electron chi connectivity index (χ2n) is 2.13. The predicted molar refractivity (Wildman–Crippen MR) is 43.2 cm³/mol. The standard InChI is InChI=1S/C6H7NO2S2.Na/c1-3-4(5(8)9)11-6(10)7(3)2;/h1-2H3,(H,8,9);/q;+1/p-1. The first kappa shape index (κ1) is 12.3. The molecule has 0 radical (unpaired) electrons. The molecule has 1 heterocycles. The van der Waals surface area contributed by atoms with Crippen molar-refractivity contribution in [3.05, 3.63) is 14.5 Å². The Labute approximate surface area is 101 Å². The monoisotopic (exact) mass is 211 g/mol. The van der Waals surface area contributed by atoms with Gasteiger partial charge in [-0.2, -0.15) is 0 Å². The van der Waals surface area contributed by atoms with E-state index in [0.717, 1.165) is 11.3 Å². The third-order valence-electron chi connectivity index (χ3n) is 1.48. The summed E-state index contributed by atoms with van der Waals surface area (Å²) in [4.78, 5) is 10.6. The van der Waals surface area contributed by atoms with Gasteiger partial charge in [-0.3, -0.25) is 0 Å². The molecule has 0 atom stereocenters. The molecule has 0 aliphatic heterocycles. The summed E-state index contributed by atoms with van der Waals surface area (Å²) in [5, 5.41) is 10.4. The van der Waals surface area contributed by atoms with Crippen molar-refractivity contribution in [3.8, 4) is 0 Å². The Morgan fingerprint density at radius 3 is 2.33 bits per heavy atom. The molecule has 6 heteroatoms. The van der Waals surface area contributed by atoms with E-state index in [1.54, 1.807) is 18.5 Å². The average Bonchev–Trinajstić information content (AvgIpc) is 2.17. The number of rotatable bonds is 1. The number of aromatic carboxylic acids is 1. The molecule has 0 bridgehead atoms. The Hall–Kier alpha value is 0.320. The van der Waals surface area contributed by atoms with Crippen molar-refractivity contribution in [1.82, 2.24) is 4.57 Å². The van der Waals surface area contributed by atoms with Crippen molar-refractivity contribution < 1.29 is 39.5 Å². The third-order valence-corrected chi connectivity index (χ3v) is 3.12. The van der Waals surface area contributed by atoms with Crippen molar-refractivity contribution in [1.29, 1.82) is 0 Å². The summed E-state index contributed by atoms with van der Waals surface area (Å²) >= 11 is 5.94. The number of hydrogen-bond donors (Lipinski definition) is 0. The molecule has 1 aromatic rings. The maximum absolute atomic E-state index is 10.4. The third kappa shape index (κ3) is 2.17. The molecule has 0 saturated heterocycles. The summed E-state index contributed by atoms with van der Waals surface area (Å²) in [7, 11) is 1.74. The zero-order chi connectivity index (χ0) is 8.59. The minimum absolute atomic E-state index is 0. The molecular weight excluding hydrogens is 205 g/mol. The van der Waals surface area contributed by atoms with Crippen LogP contribution in [0.4, 0.5) is 0 Å². The van der Waals surface area contributed by atoms with Gasteiger partial charge in [0.25, 0.3) is 0 Å². The molecule has 0 saturated carbocycles. The Bertz CT molecular complexity index is 355. The van der Waals surface area contributed by atoms with E-state index in [9.17, 15) is 9.90 Å². The van der Waals surface area contributed by atoms with Gasteiger partial charge in [-0.15, -0.1) is 11.3 Å². The Balaban J connectivity index is 0.00000121. The number of thiazole rings is 1. The molecule has 3 nitrogen and oxygen atoms in total. The van der Waals surface area contributed by atoms with E-state index in [1.165, 1.54) is 0 Å². The summed E-state index contributed by atoms with van der Waals surface area (Å²) in [5.41, 5.74) is 0.653. The molecule has 12 heavy (non-hydrogen) atoms. The predicted octanol–water partition coefficient (Wildman–Crippen LogP) is -2.51. The van der Waals surface area contributed by atoms with E-state index in [4.69, 9.17) is 12.2 Å². The molecule has 0 aliphatic carbocycles. The van der Waals surface area contributed by atoms with Crippen LogP contribution in [0.15, 0.2) is 0 Å². The summed E-state index contributed by atoms with van der Waals surface area (Å²) in [6.45, 7) is 1.71. The van der Waals surface area contributed by atoms with Gasteiger partial charge >= 0.3 is 29.6 Å². The van der Waals surface area contributed by atoms with Gasteiger partial charge < -0.3 is 14.5 Å². The summed E-state index contributed by atoms with van der Waals surface area (Å²) in [6, 6.07) is 0. The molecule has 0 unspecified atom stereocenters. The number of nitrogens with zero attached hydrogens (tertiary/aromatic N) is 1. The number of hydrogen-bond acceptors (Lipinski definition) is 4. The van der Waals surface area contributed by atoms with Crippen LogP contribution in [0, 0.1) is 10.9 Å². The fraction of sp³-hybridized carbons (Fsp3) is 0.333. The van der Waals surface area contributed by atoms with E-state index in [0.29, 0.717) is 9.65 Å². The van der Waals surface area contributed by atoms with E-state index >= 15 is 0 Å². The molecule has 0 aromatic carbocycles. The Morgan fingerprint density at radius 2 is 2.17 bits per heavy atom. The molecule has 1 aromatic heterocycles. The quantitative estimate of drug-likeness (QED) is 0.381. The first-order chi connectivity index (χ1) is 5.04. The van der Waals surface area contributed by atoms with E-state index in [2.05, 4.69) is 0 Å². The summed E-state index contributed by atoms with van der Waals surface area (Å²) in [5.74, 6) is -1.15. The number of carboxylic acids is 1. The van der Waals surface area contributed by atoms with Crippen LogP contribution in [-0.4, -0.2) is 10.5 Å². The Kier molecular flexibility index (Phi) is 4.65. The van der Waals surface area contributed by atoms with Crippen LogP contribution in [0.1, 0.15) is 15.4 Å². The minimum atomic E-state index is -1.15. The fourth-order valence-electron chi connectivity index (χ4n) is 0.708. The maximum Gasteiger partial charge on any atom is 1.00 e. The number of aromatic nitrogens is 1. The van der Waals surface area contributed by atoms with Crippen molar-refractivity contribution in [2.75, 3.05) is 0 Å². The average molecular weight is 211 g/mol. The molecule has 0 spiro atoms. The smallest absolute Gasteiger partial charge is 0.544 e. The van der Waals surface area contributed by atoms with Gasteiger partial charge in [-0.25, -0.2) is 0 Å². The normalized spacial score (nSPS) is 9.17. The zero-order valence-corrected chi connectivity index (χ0v) is 10.7. The van der Waals surface area contributed by atoms with Gasteiger partial charge in [-0.05, 0) is 19.1 Å². The SMILES string of the molecule is Cc1c(C(=O)[O-])sc(=S)n1C.[Na+]. The maximum atomic E-state index is 10.4. The summed E-state index contributed by atoms with van der Waals surface area (Å²) < 4.78 is 2.22. The van der Waals surface area contributed by atoms with Crippen LogP contribution in [0.3, 0.4) is 0 Å². The van der Waals surface area contributed by atoms with Crippen molar-refractivity contribution in [3.63, 3.8) is 0 Å². The number of carboxylic acid groups (broad SMARTS) is 1. The van der Waals surface area contributed by atoms with Crippen LogP contribution < -0.4 is 34.7 Å². The first-order valence-electron chi connectivity index (χ1n) is 2.92. The van der Waals surface area contributed by atoms with E-state index in [-0.39, 0.29) is 34.4 Å². The molecule has 60 valence electrons. The van der Waals surface area contributed by atoms with Crippen LogP contribution in [0.5, 0.6) is 0 Å². The van der Waals surface area contributed by atoms with Gasteiger partial charge in [0.2, 0.25) is 0 Å². The zero-order valence-electron chi connectivity index (χ0n) is 7.08. The topological polar surface area (TPSA) is 45.1 Å². The molecule has 0 fully saturated rings. The van der Waals surface area contributed by atoms with Crippen LogP contribution >= 0.6 is 23.6 Å². The van der Waals surface area contributed by atoms with Crippen LogP contribution in [0.25, 0.3) is 0 Å². The second-order valence-corrected chi connectivity index (χ2v) is 3.77. The van der Waals surface area contributed by atoms with Crippen molar-refractivity contribution >= 4 is 29.5 Å². The molecular formula is C6H6NNaO2S2. The largest absolute Gasteiger partial charge is 1.00 e. The summed E-state index contributed by atoms with van der Waals surface area (Å²) in [6.07, 6.45) is 0. The first-order valence-corrected chi connectivity index (χ1v) is 4.14. The Morgan fingerprint density at radius 1 is 1.67 bits per heavy atom. The molecule has 0 amide bonds. The van der Waals surface area contributed by atoms with Crippen LogP contribution in [0.2, 0.25) is 0 Å². The van der Waals surface area contributed by atoms with E-state index < -0.39 is 5.97 Å². The minimum Gasteiger partial charge on any atom is -0.544 e. The fourth-order valence-corrected chi connectivity index (χ4v) is 1.91. The van der Waals surface area contributed by atoms with Gasteiger partial charge in [0.1, 0.15) is 0 Å². The van der Waals surface area contributed by atoms with Gasteiger partial charge in [0.05, 0.1) is 10.8 Å². The van der Waals surface area contributed by atoms with Crippen LogP contribution in [-0.2, 0) is 7.05 Å². The number of carbonyl (C=O) groups excluding carboxylic acids is 1. The van der Waals surface area contributed by atoms with Gasteiger partial charge in [0, 0.05) is 12.7 Å². The second kappa shape index (κ2) is 4.53. The van der Waals surface area contributed by atoms with Gasteiger partial charge in [0.15, 0.2) is 3.95 Å². The van der Waals surface area contributed by atoms with Crippen molar-refractivity contribution in [2.24, 2.45) is 7.05 Å². The molecule has 1 rings (SSSR count). The van der Waals surface area contributed by atoms with E-state index in [1.807, 2.05) is 0 Å². The van der Waals surface area contributed by atoms with Crippen molar-refractivity contribution in [2.45, 2.75) is 6.92 Å². The van der Waals surface area contributed by atoms with Gasteiger partial charge in [-0.1, -0.05) is 0 Å². The molecule has 0 aliphatic rings. The number of carbonyl (C=O) groups is 1.